The average Bonchev–Trinajstić information content (AvgIpc) is 3.15. The van der Waals surface area contributed by atoms with Gasteiger partial charge in [-0.2, -0.15) is 0 Å². The first-order chi connectivity index (χ1) is 14.6. The molecule has 7 heteroatoms. The Morgan fingerprint density at radius 3 is 2.77 bits per heavy atom. The van der Waals surface area contributed by atoms with Crippen LogP contribution in [-0.2, 0) is 11.4 Å². The third-order valence-corrected chi connectivity index (χ3v) is 4.62. The summed E-state index contributed by atoms with van der Waals surface area (Å²) < 4.78 is 13.4. The normalized spacial score (nSPS) is 11.8. The maximum atomic E-state index is 12.5. The molecule has 6 nitrogen and oxygen atoms in total. The van der Waals surface area contributed by atoms with E-state index in [9.17, 15) is 4.79 Å². The number of anilines is 1. The molecular formula is C23H20ClN3O3. The number of fused-ring (bicyclic) bond motifs is 1. The minimum absolute atomic E-state index is 0.271. The van der Waals surface area contributed by atoms with Gasteiger partial charge in [0.25, 0.3) is 5.91 Å². The Morgan fingerprint density at radius 2 is 1.93 bits per heavy atom. The fourth-order valence-corrected chi connectivity index (χ4v) is 3.10. The molecule has 0 saturated carbocycles. The van der Waals surface area contributed by atoms with Crippen molar-refractivity contribution >= 4 is 28.8 Å². The number of aromatic nitrogens is 2. The summed E-state index contributed by atoms with van der Waals surface area (Å²) in [6, 6.07) is 20.0. The molecule has 1 N–H and O–H groups in total. The highest BCUT2D eigenvalue weighted by Gasteiger charge is 2.15. The van der Waals surface area contributed by atoms with Crippen LogP contribution < -0.4 is 14.8 Å². The molecule has 0 saturated heterocycles. The van der Waals surface area contributed by atoms with Crippen molar-refractivity contribution in [2.45, 2.75) is 19.6 Å². The second-order valence-electron chi connectivity index (χ2n) is 6.72. The quantitative estimate of drug-likeness (QED) is 0.457. The van der Waals surface area contributed by atoms with Gasteiger partial charge in [0.15, 0.2) is 6.10 Å². The number of hydrogen-bond donors (Lipinski definition) is 1. The largest absolute Gasteiger partial charge is 0.487 e. The predicted molar refractivity (Wildman–Crippen MR) is 116 cm³/mol. The van der Waals surface area contributed by atoms with Crippen molar-refractivity contribution in [2.24, 2.45) is 0 Å². The average molecular weight is 422 g/mol. The fourth-order valence-electron chi connectivity index (χ4n) is 2.92. The van der Waals surface area contributed by atoms with Crippen molar-refractivity contribution in [1.29, 1.82) is 0 Å². The number of ether oxygens (including phenoxy) is 2. The zero-order valence-corrected chi connectivity index (χ0v) is 17.0. The van der Waals surface area contributed by atoms with Crippen LogP contribution in [0.1, 0.15) is 12.6 Å². The number of benzene rings is 2. The first-order valence-electron chi connectivity index (χ1n) is 9.45. The van der Waals surface area contributed by atoms with Gasteiger partial charge in [0.05, 0.1) is 5.69 Å². The van der Waals surface area contributed by atoms with Gasteiger partial charge in [-0.3, -0.25) is 4.79 Å². The minimum Gasteiger partial charge on any atom is -0.487 e. The van der Waals surface area contributed by atoms with Crippen LogP contribution in [0.25, 0.3) is 5.65 Å². The van der Waals surface area contributed by atoms with E-state index in [0.29, 0.717) is 28.8 Å². The summed E-state index contributed by atoms with van der Waals surface area (Å²) in [6.07, 6.45) is 3.18. The highest BCUT2D eigenvalue weighted by atomic mass is 35.5. The number of rotatable bonds is 7. The Balaban J connectivity index is 1.36. The molecule has 0 fully saturated rings. The third-order valence-electron chi connectivity index (χ3n) is 4.38. The van der Waals surface area contributed by atoms with Gasteiger partial charge in [0.1, 0.15) is 23.8 Å². The van der Waals surface area contributed by atoms with E-state index in [4.69, 9.17) is 21.1 Å². The summed E-state index contributed by atoms with van der Waals surface area (Å²) in [5.74, 6) is 0.899. The number of carbonyl (C=O) groups excluding carboxylic acids is 1. The lowest BCUT2D eigenvalue weighted by Crippen LogP contribution is -2.30. The second kappa shape index (κ2) is 8.88. The number of pyridine rings is 1. The van der Waals surface area contributed by atoms with E-state index in [1.807, 2.05) is 47.1 Å². The van der Waals surface area contributed by atoms with Crippen LogP contribution >= 0.6 is 11.6 Å². The lowest BCUT2D eigenvalue weighted by atomic mass is 10.2. The number of imidazole rings is 1. The molecule has 4 aromatic rings. The zero-order chi connectivity index (χ0) is 20.9. The van der Waals surface area contributed by atoms with Gasteiger partial charge in [-0.15, -0.1) is 0 Å². The Hall–Kier alpha value is -3.51. The van der Waals surface area contributed by atoms with Crippen LogP contribution in [0, 0.1) is 0 Å². The Bertz CT molecular complexity index is 1140. The second-order valence-corrected chi connectivity index (χ2v) is 7.16. The van der Waals surface area contributed by atoms with E-state index in [1.165, 1.54) is 0 Å². The zero-order valence-electron chi connectivity index (χ0n) is 16.3. The number of carbonyl (C=O) groups is 1. The predicted octanol–water partition coefficient (Wildman–Crippen LogP) is 4.97. The summed E-state index contributed by atoms with van der Waals surface area (Å²) in [7, 11) is 0. The summed E-state index contributed by atoms with van der Waals surface area (Å²) in [4.78, 5) is 17.0. The fraction of sp³-hybridized carbons (Fsp3) is 0.130. The lowest BCUT2D eigenvalue weighted by Gasteiger charge is -2.15. The van der Waals surface area contributed by atoms with Crippen LogP contribution in [-0.4, -0.2) is 21.4 Å². The number of halogens is 1. The van der Waals surface area contributed by atoms with Crippen molar-refractivity contribution < 1.29 is 14.3 Å². The summed E-state index contributed by atoms with van der Waals surface area (Å²) in [5.41, 5.74) is 2.30. The molecule has 0 aliphatic heterocycles. The molecule has 2 aromatic heterocycles. The van der Waals surface area contributed by atoms with Gasteiger partial charge < -0.3 is 19.2 Å². The summed E-state index contributed by atoms with van der Waals surface area (Å²) >= 11 is 5.95. The molecule has 0 radical (unpaired) electrons. The van der Waals surface area contributed by atoms with Crippen LogP contribution in [0.2, 0.25) is 5.02 Å². The summed E-state index contributed by atoms with van der Waals surface area (Å²) in [6.45, 7) is 2.01. The smallest absolute Gasteiger partial charge is 0.265 e. The number of nitrogens with one attached hydrogen (secondary N) is 1. The Labute approximate surface area is 179 Å². The topological polar surface area (TPSA) is 64.9 Å². The molecule has 1 atom stereocenters. The van der Waals surface area contributed by atoms with E-state index in [2.05, 4.69) is 10.3 Å². The van der Waals surface area contributed by atoms with Crippen LogP contribution in [0.4, 0.5) is 5.69 Å². The van der Waals surface area contributed by atoms with Crippen LogP contribution in [0.3, 0.4) is 0 Å². The third kappa shape index (κ3) is 4.90. The maximum absolute atomic E-state index is 12.5. The molecule has 0 spiro atoms. The number of amides is 1. The Morgan fingerprint density at radius 1 is 1.10 bits per heavy atom. The van der Waals surface area contributed by atoms with E-state index in [0.717, 1.165) is 11.3 Å². The minimum atomic E-state index is -0.689. The first kappa shape index (κ1) is 19.8. The van der Waals surface area contributed by atoms with Crippen molar-refractivity contribution in [3.05, 3.63) is 89.8 Å². The van der Waals surface area contributed by atoms with Crippen molar-refractivity contribution in [3.8, 4) is 11.5 Å². The molecular weight excluding hydrogens is 402 g/mol. The van der Waals surface area contributed by atoms with E-state index < -0.39 is 6.10 Å². The number of nitrogens with zero attached hydrogens (tertiary/aromatic N) is 2. The van der Waals surface area contributed by atoms with E-state index in [-0.39, 0.29) is 5.91 Å². The molecule has 0 aliphatic carbocycles. The van der Waals surface area contributed by atoms with Crippen molar-refractivity contribution in [3.63, 3.8) is 0 Å². The molecule has 30 heavy (non-hydrogen) atoms. The highest BCUT2D eigenvalue weighted by molar-refractivity contribution is 6.30. The molecule has 152 valence electrons. The molecule has 1 unspecified atom stereocenters. The SMILES string of the molecule is CC(Oc1cccc(Cl)c1)C(=O)Nc1cccc(OCc2cn3ccccc3n2)c1. The van der Waals surface area contributed by atoms with Gasteiger partial charge in [-0.05, 0) is 49.4 Å². The number of hydrogen-bond acceptors (Lipinski definition) is 4. The summed E-state index contributed by atoms with van der Waals surface area (Å²) in [5, 5.41) is 3.39. The molecule has 0 aliphatic rings. The van der Waals surface area contributed by atoms with Crippen LogP contribution in [0.5, 0.6) is 11.5 Å². The van der Waals surface area contributed by atoms with Gasteiger partial charge in [-0.25, -0.2) is 4.98 Å². The van der Waals surface area contributed by atoms with Crippen LogP contribution in [0.15, 0.2) is 79.1 Å². The highest BCUT2D eigenvalue weighted by Crippen LogP contribution is 2.21. The van der Waals surface area contributed by atoms with E-state index >= 15 is 0 Å². The van der Waals surface area contributed by atoms with Gasteiger partial charge >= 0.3 is 0 Å². The molecule has 2 aromatic carbocycles. The molecule has 0 bridgehead atoms. The lowest BCUT2D eigenvalue weighted by molar-refractivity contribution is -0.122. The van der Waals surface area contributed by atoms with Crippen molar-refractivity contribution in [2.75, 3.05) is 5.32 Å². The van der Waals surface area contributed by atoms with E-state index in [1.54, 1.807) is 43.3 Å². The first-order valence-corrected chi connectivity index (χ1v) is 9.83. The molecule has 4 rings (SSSR count). The molecule has 1 amide bonds. The standard InChI is InChI=1S/C23H20ClN3O3/c1-16(30-21-9-4-6-17(24)12-21)23(28)26-18-7-5-8-20(13-18)29-15-19-14-27-11-3-2-10-22(27)25-19/h2-14,16H,15H2,1H3,(H,26,28). The monoisotopic (exact) mass is 421 g/mol. The van der Waals surface area contributed by atoms with Gasteiger partial charge in [0, 0.05) is 29.2 Å². The van der Waals surface area contributed by atoms with Gasteiger partial charge in [0.2, 0.25) is 0 Å². The van der Waals surface area contributed by atoms with Crippen molar-refractivity contribution in [1.82, 2.24) is 9.38 Å². The van der Waals surface area contributed by atoms with Gasteiger partial charge in [-0.1, -0.05) is 29.8 Å². The maximum Gasteiger partial charge on any atom is 0.265 e. The Kier molecular flexibility index (Phi) is 5.86. The molecule has 2 heterocycles.